The third kappa shape index (κ3) is 3.08. The number of ether oxygens (including phenoxy) is 1. The summed E-state index contributed by atoms with van der Waals surface area (Å²) in [6, 6.07) is 16.1. The first kappa shape index (κ1) is 15.6. The van der Waals surface area contributed by atoms with Gasteiger partial charge in [0.15, 0.2) is 6.10 Å². The van der Waals surface area contributed by atoms with Crippen molar-refractivity contribution in [3.05, 3.63) is 59.7 Å². The molecule has 4 heteroatoms. The Balaban J connectivity index is 1.79. The highest BCUT2D eigenvalue weighted by atomic mass is 16.6. The number of hydrogen-bond acceptors (Lipinski definition) is 3. The molecule has 2 aromatic carbocycles. The molecule has 0 saturated heterocycles. The molecule has 2 aromatic rings. The van der Waals surface area contributed by atoms with Crippen LogP contribution in [0.2, 0.25) is 0 Å². The van der Waals surface area contributed by atoms with E-state index < -0.39 is 0 Å². The van der Waals surface area contributed by atoms with Gasteiger partial charge in [0.25, 0.3) is 0 Å². The molecule has 0 aliphatic heterocycles. The lowest BCUT2D eigenvalue weighted by atomic mass is 10.1. The molecular formula is C19H21NO3. The summed E-state index contributed by atoms with van der Waals surface area (Å²) >= 11 is 0. The predicted molar refractivity (Wildman–Crippen MR) is 89.2 cm³/mol. The summed E-state index contributed by atoms with van der Waals surface area (Å²) < 4.78 is 5.78. The second kappa shape index (κ2) is 6.84. The van der Waals surface area contributed by atoms with Crippen LogP contribution in [-0.2, 0) is 4.74 Å². The number of nitrogens with zero attached hydrogens (tertiary/aromatic N) is 1. The molecule has 0 unspecified atom stereocenters. The van der Waals surface area contributed by atoms with Gasteiger partial charge in [0.1, 0.15) is 0 Å². The molecule has 1 amide bonds. The van der Waals surface area contributed by atoms with Crippen molar-refractivity contribution in [3.8, 4) is 11.1 Å². The van der Waals surface area contributed by atoms with E-state index in [2.05, 4.69) is 12.1 Å². The Morgan fingerprint density at radius 1 is 1.04 bits per heavy atom. The van der Waals surface area contributed by atoms with Crippen molar-refractivity contribution in [1.29, 1.82) is 0 Å². The first-order valence-corrected chi connectivity index (χ1v) is 7.93. The number of aliphatic hydroxyl groups excluding tert-OH is 1. The zero-order valence-electron chi connectivity index (χ0n) is 13.2. The highest BCUT2D eigenvalue weighted by Gasteiger charge is 2.31. The largest absolute Gasteiger partial charge is 0.436 e. The van der Waals surface area contributed by atoms with E-state index in [-0.39, 0.29) is 18.8 Å². The Bertz CT molecular complexity index is 653. The molecule has 3 rings (SSSR count). The highest BCUT2D eigenvalue weighted by molar-refractivity contribution is 5.79. The Kier molecular flexibility index (Phi) is 4.63. The number of unbranched alkanes of at least 4 members (excludes halogenated alkanes) is 1. The van der Waals surface area contributed by atoms with Crippen LogP contribution in [0.25, 0.3) is 11.1 Å². The number of carbonyl (C=O) groups is 1. The van der Waals surface area contributed by atoms with Gasteiger partial charge >= 0.3 is 6.09 Å². The van der Waals surface area contributed by atoms with Crippen LogP contribution in [0, 0.1) is 0 Å². The van der Waals surface area contributed by atoms with Crippen molar-refractivity contribution in [2.75, 3.05) is 20.2 Å². The molecule has 1 N–H and O–H groups in total. The number of rotatable bonds is 5. The van der Waals surface area contributed by atoms with Crippen molar-refractivity contribution in [2.24, 2.45) is 0 Å². The zero-order chi connectivity index (χ0) is 16.2. The van der Waals surface area contributed by atoms with E-state index >= 15 is 0 Å². The van der Waals surface area contributed by atoms with Gasteiger partial charge in [0.05, 0.1) is 0 Å². The first-order chi connectivity index (χ1) is 11.2. The molecule has 0 radical (unpaired) electrons. The summed E-state index contributed by atoms with van der Waals surface area (Å²) in [6.45, 7) is 0.724. The van der Waals surface area contributed by atoms with Gasteiger partial charge in [-0.1, -0.05) is 48.5 Å². The van der Waals surface area contributed by atoms with Gasteiger partial charge in [0, 0.05) is 31.3 Å². The standard InChI is InChI=1S/C19H21NO3/c1-20(12-6-7-13-21)19(22)23-18-16-10-4-2-8-14(16)15-9-3-5-11-17(15)18/h2-5,8-11,18,21H,6-7,12-13H2,1H3. The van der Waals surface area contributed by atoms with Crippen LogP contribution in [0.5, 0.6) is 0 Å². The first-order valence-electron chi connectivity index (χ1n) is 7.93. The van der Waals surface area contributed by atoms with Crippen LogP contribution >= 0.6 is 0 Å². The van der Waals surface area contributed by atoms with Crippen LogP contribution in [0.3, 0.4) is 0 Å². The second-order valence-electron chi connectivity index (χ2n) is 5.79. The molecule has 0 heterocycles. The predicted octanol–water partition coefficient (Wildman–Crippen LogP) is 3.60. The summed E-state index contributed by atoms with van der Waals surface area (Å²) in [5.74, 6) is 0. The van der Waals surface area contributed by atoms with Crippen LogP contribution in [0.4, 0.5) is 4.79 Å². The summed E-state index contributed by atoms with van der Waals surface area (Å²) in [6.07, 6.45) is 0.766. The Hall–Kier alpha value is -2.33. The lowest BCUT2D eigenvalue weighted by Gasteiger charge is -2.21. The van der Waals surface area contributed by atoms with E-state index in [4.69, 9.17) is 9.84 Å². The van der Waals surface area contributed by atoms with Gasteiger partial charge in [0.2, 0.25) is 0 Å². The molecule has 0 bridgehead atoms. The molecule has 4 nitrogen and oxygen atoms in total. The summed E-state index contributed by atoms with van der Waals surface area (Å²) in [4.78, 5) is 13.9. The van der Waals surface area contributed by atoms with Crippen LogP contribution < -0.4 is 0 Å². The molecule has 1 aliphatic carbocycles. The number of hydrogen-bond donors (Lipinski definition) is 1. The number of carbonyl (C=O) groups excluding carboxylic acids is 1. The van der Waals surface area contributed by atoms with Gasteiger partial charge in [-0.25, -0.2) is 4.79 Å². The maximum atomic E-state index is 12.4. The molecule has 0 atom stereocenters. The molecule has 1 aliphatic rings. The molecule has 120 valence electrons. The quantitative estimate of drug-likeness (QED) is 0.858. The monoisotopic (exact) mass is 311 g/mol. The minimum atomic E-state index is -0.352. The van der Waals surface area contributed by atoms with E-state index in [0.29, 0.717) is 13.0 Å². The molecular weight excluding hydrogens is 290 g/mol. The minimum absolute atomic E-state index is 0.145. The topological polar surface area (TPSA) is 49.8 Å². The lowest BCUT2D eigenvalue weighted by Crippen LogP contribution is -2.29. The average molecular weight is 311 g/mol. The fraction of sp³-hybridized carbons (Fsp3) is 0.316. The SMILES string of the molecule is CN(CCCCO)C(=O)OC1c2ccccc2-c2ccccc21. The van der Waals surface area contributed by atoms with Crippen LogP contribution in [0.15, 0.2) is 48.5 Å². The van der Waals surface area contributed by atoms with Gasteiger partial charge in [-0.3, -0.25) is 0 Å². The van der Waals surface area contributed by atoms with E-state index in [1.54, 1.807) is 11.9 Å². The number of amides is 1. The molecule has 0 fully saturated rings. The van der Waals surface area contributed by atoms with E-state index in [1.807, 2.05) is 36.4 Å². The van der Waals surface area contributed by atoms with Gasteiger partial charge < -0.3 is 14.7 Å². The fourth-order valence-corrected chi connectivity index (χ4v) is 2.98. The van der Waals surface area contributed by atoms with Crippen LogP contribution in [-0.4, -0.2) is 36.3 Å². The molecule has 0 spiro atoms. The van der Waals surface area contributed by atoms with Crippen molar-refractivity contribution in [3.63, 3.8) is 0 Å². The van der Waals surface area contributed by atoms with Crippen LogP contribution in [0.1, 0.15) is 30.1 Å². The molecule has 0 aromatic heterocycles. The Morgan fingerprint density at radius 2 is 1.61 bits per heavy atom. The molecule has 0 saturated carbocycles. The number of fused-ring (bicyclic) bond motifs is 3. The van der Waals surface area contributed by atoms with Gasteiger partial charge in [-0.2, -0.15) is 0 Å². The summed E-state index contributed by atoms with van der Waals surface area (Å²) in [7, 11) is 1.73. The van der Waals surface area contributed by atoms with Crippen molar-refractivity contribution in [1.82, 2.24) is 4.90 Å². The summed E-state index contributed by atoms with van der Waals surface area (Å²) in [5, 5.41) is 8.83. The zero-order valence-corrected chi connectivity index (χ0v) is 13.2. The Labute approximate surface area is 136 Å². The number of aliphatic hydroxyl groups is 1. The third-order valence-electron chi connectivity index (χ3n) is 4.21. The lowest BCUT2D eigenvalue weighted by molar-refractivity contribution is 0.0853. The Morgan fingerprint density at radius 3 is 2.17 bits per heavy atom. The number of benzene rings is 2. The van der Waals surface area contributed by atoms with E-state index in [9.17, 15) is 4.79 Å². The molecule has 23 heavy (non-hydrogen) atoms. The second-order valence-corrected chi connectivity index (χ2v) is 5.79. The fourth-order valence-electron chi connectivity index (χ4n) is 2.98. The third-order valence-corrected chi connectivity index (χ3v) is 4.21. The average Bonchev–Trinajstić information content (AvgIpc) is 2.90. The van der Waals surface area contributed by atoms with Crippen molar-refractivity contribution < 1.29 is 14.6 Å². The smallest absolute Gasteiger partial charge is 0.410 e. The minimum Gasteiger partial charge on any atom is -0.436 e. The van der Waals surface area contributed by atoms with Gasteiger partial charge in [-0.15, -0.1) is 0 Å². The maximum Gasteiger partial charge on any atom is 0.410 e. The van der Waals surface area contributed by atoms with Crippen molar-refractivity contribution in [2.45, 2.75) is 18.9 Å². The maximum absolute atomic E-state index is 12.4. The summed E-state index contributed by atoms with van der Waals surface area (Å²) in [5.41, 5.74) is 4.32. The van der Waals surface area contributed by atoms with E-state index in [0.717, 1.165) is 28.7 Å². The van der Waals surface area contributed by atoms with Gasteiger partial charge in [-0.05, 0) is 24.0 Å². The van der Waals surface area contributed by atoms with Crippen molar-refractivity contribution >= 4 is 6.09 Å². The highest BCUT2D eigenvalue weighted by Crippen LogP contribution is 2.45. The van der Waals surface area contributed by atoms with E-state index in [1.165, 1.54) is 0 Å². The normalized spacial score (nSPS) is 12.6.